The minimum atomic E-state index is -0.0379. The standard InChI is InChI=1S/C7H11ClO2/c1-3-10-7(5-8)4-6(2)9/h4H,3,5H2,1-2H3/b7-4+. The van der Waals surface area contributed by atoms with E-state index >= 15 is 0 Å². The molecule has 2 nitrogen and oxygen atoms in total. The van der Waals surface area contributed by atoms with Crippen molar-refractivity contribution in [2.45, 2.75) is 13.8 Å². The minimum absolute atomic E-state index is 0.0379. The van der Waals surface area contributed by atoms with Crippen LogP contribution in [0, 0.1) is 0 Å². The number of rotatable bonds is 4. The second-order valence-electron chi connectivity index (χ2n) is 1.79. The lowest BCUT2D eigenvalue weighted by atomic mass is 10.4. The van der Waals surface area contributed by atoms with Gasteiger partial charge in [0.1, 0.15) is 5.76 Å². The van der Waals surface area contributed by atoms with Crippen molar-refractivity contribution in [1.29, 1.82) is 0 Å². The Morgan fingerprint density at radius 3 is 2.60 bits per heavy atom. The fraction of sp³-hybridized carbons (Fsp3) is 0.571. The van der Waals surface area contributed by atoms with E-state index in [2.05, 4.69) is 0 Å². The lowest BCUT2D eigenvalue weighted by Crippen LogP contribution is -1.96. The summed E-state index contributed by atoms with van der Waals surface area (Å²) in [6.07, 6.45) is 1.40. The molecule has 0 aromatic heterocycles. The van der Waals surface area contributed by atoms with Crippen LogP contribution in [0.4, 0.5) is 0 Å². The lowest BCUT2D eigenvalue weighted by molar-refractivity contribution is -0.112. The second-order valence-corrected chi connectivity index (χ2v) is 2.06. The summed E-state index contributed by atoms with van der Waals surface area (Å²) < 4.78 is 5.01. The summed E-state index contributed by atoms with van der Waals surface area (Å²) in [6.45, 7) is 3.86. The SMILES string of the molecule is CCO/C(=C/C(C)=O)CCl. The third-order valence-corrected chi connectivity index (χ3v) is 1.09. The molecule has 0 aliphatic rings. The summed E-state index contributed by atoms with van der Waals surface area (Å²) in [5.74, 6) is 0.758. The zero-order valence-electron chi connectivity index (χ0n) is 6.19. The Hall–Kier alpha value is -0.500. The van der Waals surface area contributed by atoms with Crippen molar-refractivity contribution in [2.24, 2.45) is 0 Å². The van der Waals surface area contributed by atoms with Gasteiger partial charge in [0.15, 0.2) is 5.78 Å². The van der Waals surface area contributed by atoms with Crippen molar-refractivity contribution in [3.8, 4) is 0 Å². The molecule has 0 aromatic carbocycles. The molecule has 0 heterocycles. The molecule has 58 valence electrons. The van der Waals surface area contributed by atoms with Crippen LogP contribution >= 0.6 is 11.6 Å². The number of allylic oxidation sites excluding steroid dienone is 2. The van der Waals surface area contributed by atoms with Gasteiger partial charge in [0.25, 0.3) is 0 Å². The molecule has 3 heteroatoms. The Balaban J connectivity index is 3.91. The van der Waals surface area contributed by atoms with E-state index in [9.17, 15) is 4.79 Å². The number of ketones is 1. The van der Waals surface area contributed by atoms with Gasteiger partial charge in [0.2, 0.25) is 0 Å². The highest BCUT2D eigenvalue weighted by atomic mass is 35.5. The Kier molecular flexibility index (Phi) is 5.03. The Morgan fingerprint density at radius 2 is 2.30 bits per heavy atom. The van der Waals surface area contributed by atoms with Gasteiger partial charge in [-0.25, -0.2) is 0 Å². The molecule has 10 heavy (non-hydrogen) atoms. The average Bonchev–Trinajstić information content (AvgIpc) is 1.86. The minimum Gasteiger partial charge on any atom is -0.497 e. The van der Waals surface area contributed by atoms with Gasteiger partial charge in [-0.3, -0.25) is 4.79 Å². The molecular formula is C7H11ClO2. The summed E-state index contributed by atoms with van der Waals surface area (Å²) in [6, 6.07) is 0. The van der Waals surface area contributed by atoms with Gasteiger partial charge in [0, 0.05) is 6.08 Å². The molecule has 0 bridgehead atoms. The largest absolute Gasteiger partial charge is 0.497 e. The van der Waals surface area contributed by atoms with E-state index in [0.717, 1.165) is 0 Å². The predicted octanol–water partition coefficient (Wildman–Crippen LogP) is 1.73. The monoisotopic (exact) mass is 162 g/mol. The quantitative estimate of drug-likeness (QED) is 0.358. The van der Waals surface area contributed by atoms with Gasteiger partial charge >= 0.3 is 0 Å². The zero-order chi connectivity index (χ0) is 7.98. The normalized spacial score (nSPS) is 11.3. The molecule has 0 amide bonds. The predicted molar refractivity (Wildman–Crippen MR) is 41.1 cm³/mol. The van der Waals surface area contributed by atoms with Crippen LogP contribution in [0.15, 0.2) is 11.8 Å². The van der Waals surface area contributed by atoms with Crippen LogP contribution in [-0.4, -0.2) is 18.3 Å². The van der Waals surface area contributed by atoms with E-state index in [1.807, 2.05) is 6.92 Å². The zero-order valence-corrected chi connectivity index (χ0v) is 6.94. The van der Waals surface area contributed by atoms with Crippen LogP contribution in [0.1, 0.15) is 13.8 Å². The smallest absolute Gasteiger partial charge is 0.155 e. The third-order valence-electron chi connectivity index (χ3n) is 0.826. The van der Waals surface area contributed by atoms with Gasteiger partial charge in [-0.05, 0) is 13.8 Å². The number of hydrogen-bond acceptors (Lipinski definition) is 2. The Morgan fingerprint density at radius 1 is 1.70 bits per heavy atom. The maximum Gasteiger partial charge on any atom is 0.155 e. The fourth-order valence-electron chi connectivity index (χ4n) is 0.531. The Labute approximate surface area is 65.8 Å². The van der Waals surface area contributed by atoms with E-state index in [1.165, 1.54) is 13.0 Å². The number of halogens is 1. The molecule has 0 spiro atoms. The molecule has 0 fully saturated rings. The van der Waals surface area contributed by atoms with Crippen molar-refractivity contribution >= 4 is 17.4 Å². The Bertz CT molecular complexity index is 141. The van der Waals surface area contributed by atoms with Gasteiger partial charge < -0.3 is 4.74 Å². The van der Waals surface area contributed by atoms with E-state index in [-0.39, 0.29) is 11.7 Å². The molecule has 0 saturated carbocycles. The van der Waals surface area contributed by atoms with Crippen LogP contribution in [0.5, 0.6) is 0 Å². The molecule has 0 radical (unpaired) electrons. The number of ether oxygens (including phenoxy) is 1. The van der Waals surface area contributed by atoms with Crippen molar-refractivity contribution in [1.82, 2.24) is 0 Å². The first-order chi connectivity index (χ1) is 4.70. The maximum atomic E-state index is 10.5. The highest BCUT2D eigenvalue weighted by Gasteiger charge is 1.95. The van der Waals surface area contributed by atoms with Gasteiger partial charge in [-0.2, -0.15) is 0 Å². The van der Waals surface area contributed by atoms with Crippen molar-refractivity contribution in [2.75, 3.05) is 12.5 Å². The second kappa shape index (κ2) is 5.30. The van der Waals surface area contributed by atoms with E-state index in [1.54, 1.807) is 0 Å². The highest BCUT2D eigenvalue weighted by Crippen LogP contribution is 1.99. The lowest BCUT2D eigenvalue weighted by Gasteiger charge is -2.02. The van der Waals surface area contributed by atoms with Crippen LogP contribution in [0.25, 0.3) is 0 Å². The van der Waals surface area contributed by atoms with Gasteiger partial charge in [-0.15, -0.1) is 11.6 Å². The fourth-order valence-corrected chi connectivity index (χ4v) is 0.685. The van der Waals surface area contributed by atoms with E-state index in [0.29, 0.717) is 12.4 Å². The molecule has 0 N–H and O–H groups in total. The molecule has 0 rings (SSSR count). The number of alkyl halides is 1. The van der Waals surface area contributed by atoms with E-state index < -0.39 is 0 Å². The van der Waals surface area contributed by atoms with Crippen molar-refractivity contribution in [3.05, 3.63) is 11.8 Å². The maximum absolute atomic E-state index is 10.5. The summed E-state index contributed by atoms with van der Waals surface area (Å²) in [4.78, 5) is 10.5. The van der Waals surface area contributed by atoms with Crippen molar-refractivity contribution < 1.29 is 9.53 Å². The van der Waals surface area contributed by atoms with Crippen LogP contribution < -0.4 is 0 Å². The van der Waals surface area contributed by atoms with Crippen molar-refractivity contribution in [3.63, 3.8) is 0 Å². The average molecular weight is 163 g/mol. The molecule has 0 aromatic rings. The summed E-state index contributed by atoms with van der Waals surface area (Å²) >= 11 is 5.44. The number of hydrogen-bond donors (Lipinski definition) is 0. The first-order valence-corrected chi connectivity index (χ1v) is 3.64. The molecular weight excluding hydrogens is 152 g/mol. The first-order valence-electron chi connectivity index (χ1n) is 3.10. The molecule has 0 saturated heterocycles. The molecule has 0 unspecified atom stereocenters. The van der Waals surface area contributed by atoms with E-state index in [4.69, 9.17) is 16.3 Å². The number of carbonyl (C=O) groups excluding carboxylic acids is 1. The summed E-state index contributed by atoms with van der Waals surface area (Å²) in [5, 5.41) is 0. The van der Waals surface area contributed by atoms with Gasteiger partial charge in [0.05, 0.1) is 12.5 Å². The molecule has 0 aliphatic carbocycles. The number of carbonyl (C=O) groups is 1. The third kappa shape index (κ3) is 4.39. The van der Waals surface area contributed by atoms with Crippen LogP contribution in [-0.2, 0) is 9.53 Å². The first kappa shape index (κ1) is 9.50. The summed E-state index contributed by atoms with van der Waals surface area (Å²) in [5.41, 5.74) is 0. The summed E-state index contributed by atoms with van der Waals surface area (Å²) in [7, 11) is 0. The topological polar surface area (TPSA) is 26.3 Å². The molecule has 0 aliphatic heterocycles. The van der Waals surface area contributed by atoms with Crippen LogP contribution in [0.3, 0.4) is 0 Å². The highest BCUT2D eigenvalue weighted by molar-refractivity contribution is 6.19. The van der Waals surface area contributed by atoms with Gasteiger partial charge in [-0.1, -0.05) is 0 Å². The molecule has 0 atom stereocenters. The van der Waals surface area contributed by atoms with Crippen LogP contribution in [0.2, 0.25) is 0 Å².